The Hall–Kier alpha value is -3.66. The molecule has 1 amide bonds. The van der Waals surface area contributed by atoms with Crippen molar-refractivity contribution in [3.05, 3.63) is 71.5 Å². The molecule has 0 saturated carbocycles. The number of piperazine rings is 1. The number of benzene rings is 2. The molecule has 6 nitrogen and oxygen atoms in total. The summed E-state index contributed by atoms with van der Waals surface area (Å²) >= 11 is 0. The van der Waals surface area contributed by atoms with Crippen molar-refractivity contribution in [1.82, 2.24) is 15.1 Å². The molecule has 0 spiro atoms. The lowest BCUT2D eigenvalue weighted by atomic mass is 10.1. The second-order valence-electron chi connectivity index (χ2n) is 6.62. The molecule has 1 N–H and O–H groups in total. The van der Waals surface area contributed by atoms with E-state index < -0.39 is 0 Å². The van der Waals surface area contributed by atoms with Crippen LogP contribution in [0, 0.1) is 17.1 Å². The highest BCUT2D eigenvalue weighted by Gasteiger charge is 2.23. The average molecular weight is 375 g/mol. The van der Waals surface area contributed by atoms with Crippen molar-refractivity contribution in [1.29, 1.82) is 5.26 Å². The van der Waals surface area contributed by atoms with Gasteiger partial charge in [0.2, 0.25) is 0 Å². The van der Waals surface area contributed by atoms with Gasteiger partial charge in [-0.1, -0.05) is 0 Å². The summed E-state index contributed by atoms with van der Waals surface area (Å²) in [5.74, 6) is 0.509. The summed E-state index contributed by atoms with van der Waals surface area (Å²) in [7, 11) is 0. The smallest absolute Gasteiger partial charge is 0.253 e. The van der Waals surface area contributed by atoms with E-state index in [1.54, 1.807) is 36.4 Å². The number of hydrogen-bond donors (Lipinski definition) is 1. The zero-order valence-corrected chi connectivity index (χ0v) is 15.1. The fraction of sp³-hybridized carbons (Fsp3) is 0.190. The van der Waals surface area contributed by atoms with Gasteiger partial charge in [0, 0.05) is 37.8 Å². The van der Waals surface area contributed by atoms with Crippen LogP contribution in [0.25, 0.3) is 11.3 Å². The predicted molar refractivity (Wildman–Crippen MR) is 103 cm³/mol. The normalized spacial score (nSPS) is 14.0. The Bertz CT molecular complexity index is 1010. The zero-order chi connectivity index (χ0) is 19.5. The van der Waals surface area contributed by atoms with E-state index in [0.29, 0.717) is 37.3 Å². The number of nitrogens with one attached hydrogen (secondary N) is 1. The van der Waals surface area contributed by atoms with E-state index in [1.807, 2.05) is 11.0 Å². The molecule has 2 heterocycles. The molecule has 7 heteroatoms. The second-order valence-corrected chi connectivity index (χ2v) is 6.62. The number of amides is 1. The molecular formula is C21H18FN5O. The topological polar surface area (TPSA) is 76.0 Å². The number of nitrogens with zero attached hydrogens (tertiary/aromatic N) is 4. The lowest BCUT2D eigenvalue weighted by Crippen LogP contribution is -2.48. The lowest BCUT2D eigenvalue weighted by molar-refractivity contribution is 0.0746. The monoisotopic (exact) mass is 375 g/mol. The highest BCUT2D eigenvalue weighted by molar-refractivity contribution is 5.94. The fourth-order valence-corrected chi connectivity index (χ4v) is 3.26. The molecule has 0 aliphatic carbocycles. The number of carbonyl (C=O) groups excluding carboxylic acids is 1. The average Bonchev–Trinajstić information content (AvgIpc) is 3.24. The van der Waals surface area contributed by atoms with Gasteiger partial charge in [-0.2, -0.15) is 10.4 Å². The third-order valence-corrected chi connectivity index (χ3v) is 4.87. The van der Waals surface area contributed by atoms with Crippen LogP contribution in [0.5, 0.6) is 0 Å². The standard InChI is InChI=1S/C21H18FN5O/c22-18-7-5-16(6-8-18)19-13-20(25-24-19)26-9-11-27(12-10-26)21(28)17-3-1-15(14-23)2-4-17/h1-8,13H,9-12H2,(H,24,25). The SMILES string of the molecule is N#Cc1ccc(C(=O)N2CCN(c3cc(-c4ccc(F)cc4)[nH]n3)CC2)cc1. The molecule has 140 valence electrons. The van der Waals surface area contributed by atoms with Crippen LogP contribution in [0.1, 0.15) is 15.9 Å². The molecular weight excluding hydrogens is 357 g/mol. The van der Waals surface area contributed by atoms with Gasteiger partial charge in [-0.15, -0.1) is 0 Å². The summed E-state index contributed by atoms with van der Waals surface area (Å²) in [6, 6.07) is 16.9. The van der Waals surface area contributed by atoms with Crippen LogP contribution in [-0.4, -0.2) is 47.2 Å². The van der Waals surface area contributed by atoms with E-state index in [-0.39, 0.29) is 11.7 Å². The molecule has 3 aromatic rings. The number of hydrogen-bond acceptors (Lipinski definition) is 4. The molecule has 4 rings (SSSR count). The molecule has 0 unspecified atom stereocenters. The molecule has 0 radical (unpaired) electrons. The van der Waals surface area contributed by atoms with Crippen molar-refractivity contribution in [2.24, 2.45) is 0 Å². The number of carbonyl (C=O) groups is 1. The summed E-state index contributed by atoms with van der Waals surface area (Å²) in [5.41, 5.74) is 2.82. The van der Waals surface area contributed by atoms with Crippen molar-refractivity contribution < 1.29 is 9.18 Å². The number of nitriles is 1. The van der Waals surface area contributed by atoms with E-state index >= 15 is 0 Å². The van der Waals surface area contributed by atoms with Crippen molar-refractivity contribution in [3.8, 4) is 17.3 Å². The first-order valence-electron chi connectivity index (χ1n) is 9.00. The van der Waals surface area contributed by atoms with Crippen LogP contribution >= 0.6 is 0 Å². The van der Waals surface area contributed by atoms with E-state index in [0.717, 1.165) is 17.1 Å². The first-order chi connectivity index (χ1) is 13.6. The maximum absolute atomic E-state index is 13.1. The number of H-pyrrole nitrogens is 1. The number of aromatic amines is 1. The Balaban J connectivity index is 1.39. The van der Waals surface area contributed by atoms with Crippen LogP contribution in [0.15, 0.2) is 54.6 Å². The Labute approximate surface area is 161 Å². The van der Waals surface area contributed by atoms with Gasteiger partial charge in [0.25, 0.3) is 5.91 Å². The minimum Gasteiger partial charge on any atom is -0.352 e. The summed E-state index contributed by atoms with van der Waals surface area (Å²) in [6.45, 7) is 2.54. The van der Waals surface area contributed by atoms with Crippen molar-refractivity contribution in [2.45, 2.75) is 0 Å². The molecule has 28 heavy (non-hydrogen) atoms. The van der Waals surface area contributed by atoms with Crippen LogP contribution in [-0.2, 0) is 0 Å². The summed E-state index contributed by atoms with van der Waals surface area (Å²) in [4.78, 5) is 16.6. The Morgan fingerprint density at radius 2 is 1.71 bits per heavy atom. The number of anilines is 1. The van der Waals surface area contributed by atoms with Gasteiger partial charge in [0.05, 0.1) is 17.3 Å². The maximum Gasteiger partial charge on any atom is 0.253 e. The largest absolute Gasteiger partial charge is 0.352 e. The second kappa shape index (κ2) is 7.53. The Morgan fingerprint density at radius 1 is 1.04 bits per heavy atom. The molecule has 1 saturated heterocycles. The number of rotatable bonds is 3. The first kappa shape index (κ1) is 17.7. The van der Waals surface area contributed by atoms with Crippen molar-refractivity contribution in [2.75, 3.05) is 31.1 Å². The van der Waals surface area contributed by atoms with Gasteiger partial charge in [-0.05, 0) is 54.1 Å². The molecule has 0 atom stereocenters. The summed E-state index contributed by atoms with van der Waals surface area (Å²) in [6.07, 6.45) is 0. The molecule has 1 aliphatic rings. The number of aromatic nitrogens is 2. The highest BCUT2D eigenvalue weighted by Crippen LogP contribution is 2.23. The quantitative estimate of drug-likeness (QED) is 0.763. The maximum atomic E-state index is 13.1. The third-order valence-electron chi connectivity index (χ3n) is 4.87. The lowest BCUT2D eigenvalue weighted by Gasteiger charge is -2.34. The summed E-state index contributed by atoms with van der Waals surface area (Å²) in [5, 5.41) is 16.2. The zero-order valence-electron chi connectivity index (χ0n) is 15.1. The molecule has 0 bridgehead atoms. The Morgan fingerprint density at radius 3 is 2.36 bits per heavy atom. The van der Waals surface area contributed by atoms with Gasteiger partial charge in [-0.3, -0.25) is 9.89 Å². The van der Waals surface area contributed by atoms with E-state index in [4.69, 9.17) is 5.26 Å². The van der Waals surface area contributed by atoms with Crippen molar-refractivity contribution in [3.63, 3.8) is 0 Å². The molecule has 2 aromatic carbocycles. The van der Waals surface area contributed by atoms with Crippen LogP contribution in [0.4, 0.5) is 10.2 Å². The molecule has 1 fully saturated rings. The van der Waals surface area contributed by atoms with E-state index in [1.165, 1.54) is 12.1 Å². The van der Waals surface area contributed by atoms with Gasteiger partial charge in [0.15, 0.2) is 5.82 Å². The minimum atomic E-state index is -0.272. The van der Waals surface area contributed by atoms with Crippen LogP contribution < -0.4 is 4.90 Å². The number of halogens is 1. The van der Waals surface area contributed by atoms with E-state index in [2.05, 4.69) is 21.2 Å². The van der Waals surface area contributed by atoms with Crippen LogP contribution in [0.2, 0.25) is 0 Å². The minimum absolute atomic E-state index is 0.0295. The van der Waals surface area contributed by atoms with Gasteiger partial charge >= 0.3 is 0 Å². The van der Waals surface area contributed by atoms with E-state index in [9.17, 15) is 9.18 Å². The van der Waals surface area contributed by atoms with Gasteiger partial charge in [0.1, 0.15) is 5.82 Å². The third kappa shape index (κ3) is 3.58. The summed E-state index contributed by atoms with van der Waals surface area (Å²) < 4.78 is 13.1. The first-order valence-corrected chi connectivity index (χ1v) is 9.00. The van der Waals surface area contributed by atoms with Gasteiger partial charge < -0.3 is 9.80 Å². The molecule has 1 aliphatic heterocycles. The van der Waals surface area contributed by atoms with Crippen LogP contribution in [0.3, 0.4) is 0 Å². The molecule has 1 aromatic heterocycles. The Kier molecular flexibility index (Phi) is 4.77. The predicted octanol–water partition coefficient (Wildman–Crippen LogP) is 3.05. The fourth-order valence-electron chi connectivity index (χ4n) is 3.26. The van der Waals surface area contributed by atoms with Gasteiger partial charge in [-0.25, -0.2) is 4.39 Å². The van der Waals surface area contributed by atoms with Crippen molar-refractivity contribution >= 4 is 11.7 Å². The highest BCUT2D eigenvalue weighted by atomic mass is 19.1.